The van der Waals surface area contributed by atoms with Gasteiger partial charge in [-0.3, -0.25) is 10.1 Å². The fraction of sp³-hybridized carbons (Fsp3) is 0.571. The third-order valence-electron chi connectivity index (χ3n) is 3.35. The zero-order valence-corrected chi connectivity index (χ0v) is 11.1. The van der Waals surface area contributed by atoms with Crippen LogP contribution in [0.3, 0.4) is 0 Å². The highest BCUT2D eigenvalue weighted by Gasteiger charge is 2.23. The summed E-state index contributed by atoms with van der Waals surface area (Å²) in [6.07, 6.45) is 2.11. The fourth-order valence-electron chi connectivity index (χ4n) is 2.10. The number of nitro groups is 1. The second kappa shape index (κ2) is 5.30. The van der Waals surface area contributed by atoms with Crippen LogP contribution in [0, 0.1) is 21.4 Å². The Morgan fingerprint density at radius 3 is 2.12 bits per heavy atom. The van der Waals surface area contributed by atoms with Crippen LogP contribution < -0.4 is 0 Å². The normalized spacial score (nSPS) is 13.4. The summed E-state index contributed by atoms with van der Waals surface area (Å²) < 4.78 is 0. The quantitative estimate of drug-likeness (QED) is 0.579. The first-order valence-corrected chi connectivity index (χ1v) is 6.08. The van der Waals surface area contributed by atoms with Crippen molar-refractivity contribution in [2.45, 2.75) is 40.5 Å². The molecule has 0 amide bonds. The maximum absolute atomic E-state index is 10.6. The van der Waals surface area contributed by atoms with E-state index in [1.165, 1.54) is 5.56 Å². The van der Waals surface area contributed by atoms with E-state index in [0.717, 1.165) is 12.8 Å². The summed E-state index contributed by atoms with van der Waals surface area (Å²) in [6.45, 7) is 8.92. The van der Waals surface area contributed by atoms with Gasteiger partial charge in [-0.15, -0.1) is 0 Å². The molecule has 0 aliphatic rings. The Labute approximate surface area is 103 Å². The molecule has 0 aliphatic carbocycles. The smallest absolute Gasteiger partial charge is 0.258 e. The minimum absolute atomic E-state index is 0.164. The number of hydrogen-bond donors (Lipinski definition) is 0. The summed E-state index contributed by atoms with van der Waals surface area (Å²) in [5.74, 6) is 0.601. The summed E-state index contributed by atoms with van der Waals surface area (Å²) in [6, 6.07) is 6.91. The van der Waals surface area contributed by atoms with E-state index < -0.39 is 0 Å². The first-order chi connectivity index (χ1) is 7.84. The van der Waals surface area contributed by atoms with E-state index in [1.807, 2.05) is 12.1 Å². The first-order valence-electron chi connectivity index (χ1n) is 6.08. The van der Waals surface area contributed by atoms with Gasteiger partial charge in [-0.1, -0.05) is 46.2 Å². The van der Waals surface area contributed by atoms with Gasteiger partial charge >= 0.3 is 0 Å². The Morgan fingerprint density at radius 2 is 1.76 bits per heavy atom. The van der Waals surface area contributed by atoms with Crippen LogP contribution >= 0.6 is 0 Å². The molecule has 0 bridgehead atoms. The Balaban J connectivity index is 2.78. The van der Waals surface area contributed by atoms with E-state index in [4.69, 9.17) is 0 Å². The Morgan fingerprint density at radius 1 is 1.24 bits per heavy atom. The van der Waals surface area contributed by atoms with Crippen LogP contribution in [0.5, 0.6) is 0 Å². The lowest BCUT2D eigenvalue weighted by molar-refractivity contribution is -0.384. The maximum Gasteiger partial charge on any atom is 0.269 e. The van der Waals surface area contributed by atoms with Crippen molar-refractivity contribution in [3.63, 3.8) is 0 Å². The highest BCUT2D eigenvalue weighted by molar-refractivity contribution is 5.33. The number of benzene rings is 1. The van der Waals surface area contributed by atoms with E-state index in [0.29, 0.717) is 5.92 Å². The Hall–Kier alpha value is -1.38. The van der Waals surface area contributed by atoms with Crippen molar-refractivity contribution in [1.82, 2.24) is 0 Å². The van der Waals surface area contributed by atoms with Crippen molar-refractivity contribution in [1.29, 1.82) is 0 Å². The van der Waals surface area contributed by atoms with Crippen LogP contribution in [0.2, 0.25) is 0 Å². The van der Waals surface area contributed by atoms with Crippen molar-refractivity contribution in [3.05, 3.63) is 39.9 Å². The predicted octanol–water partition coefficient (Wildman–Crippen LogP) is 4.21. The molecule has 0 aliphatic heterocycles. The summed E-state index contributed by atoms with van der Waals surface area (Å²) in [4.78, 5) is 10.2. The molecule has 0 saturated carbocycles. The third kappa shape index (κ3) is 3.84. The van der Waals surface area contributed by atoms with E-state index in [-0.39, 0.29) is 16.0 Å². The molecular weight excluding hydrogens is 214 g/mol. The third-order valence-corrected chi connectivity index (χ3v) is 3.35. The van der Waals surface area contributed by atoms with Crippen LogP contribution in [0.1, 0.15) is 39.7 Å². The molecule has 1 atom stereocenters. The molecule has 0 radical (unpaired) electrons. The van der Waals surface area contributed by atoms with Gasteiger partial charge in [-0.2, -0.15) is 0 Å². The topological polar surface area (TPSA) is 43.1 Å². The van der Waals surface area contributed by atoms with Gasteiger partial charge in [0.2, 0.25) is 0 Å². The van der Waals surface area contributed by atoms with E-state index in [9.17, 15) is 10.1 Å². The van der Waals surface area contributed by atoms with E-state index >= 15 is 0 Å². The van der Waals surface area contributed by atoms with Gasteiger partial charge in [-0.25, -0.2) is 0 Å². The van der Waals surface area contributed by atoms with Crippen molar-refractivity contribution in [2.75, 3.05) is 0 Å². The van der Waals surface area contributed by atoms with Crippen molar-refractivity contribution < 1.29 is 4.92 Å². The molecular formula is C14H21NO2. The minimum atomic E-state index is -0.356. The number of rotatable bonds is 4. The first kappa shape index (κ1) is 13.7. The summed E-state index contributed by atoms with van der Waals surface area (Å²) in [7, 11) is 0. The molecule has 1 rings (SSSR count). The summed E-state index contributed by atoms with van der Waals surface area (Å²) >= 11 is 0. The molecule has 0 fully saturated rings. The largest absolute Gasteiger partial charge is 0.269 e. The molecule has 94 valence electrons. The molecule has 0 N–H and O–H groups in total. The van der Waals surface area contributed by atoms with Crippen LogP contribution in [0.25, 0.3) is 0 Å². The minimum Gasteiger partial charge on any atom is -0.258 e. The average Bonchev–Trinajstić information content (AvgIpc) is 2.24. The van der Waals surface area contributed by atoms with Crippen LogP contribution in [0.15, 0.2) is 24.3 Å². The summed E-state index contributed by atoms with van der Waals surface area (Å²) in [5, 5.41) is 10.6. The average molecular weight is 235 g/mol. The van der Waals surface area contributed by atoms with Gasteiger partial charge in [0.05, 0.1) is 4.92 Å². The van der Waals surface area contributed by atoms with E-state index in [2.05, 4.69) is 27.7 Å². The second-order valence-electron chi connectivity index (χ2n) is 5.60. The second-order valence-corrected chi connectivity index (χ2v) is 5.60. The predicted molar refractivity (Wildman–Crippen MR) is 70.0 cm³/mol. The van der Waals surface area contributed by atoms with Gasteiger partial charge in [0.15, 0.2) is 0 Å². The van der Waals surface area contributed by atoms with Gasteiger partial charge in [-0.05, 0) is 23.3 Å². The summed E-state index contributed by atoms with van der Waals surface area (Å²) in [5.41, 5.74) is 1.62. The van der Waals surface area contributed by atoms with Crippen molar-refractivity contribution in [2.24, 2.45) is 11.3 Å². The number of nitrogens with zero attached hydrogens (tertiary/aromatic N) is 1. The molecule has 3 heteroatoms. The molecule has 0 aromatic heterocycles. The van der Waals surface area contributed by atoms with Gasteiger partial charge in [0.25, 0.3) is 5.69 Å². The standard InChI is InChI=1S/C14H21NO2/c1-5-12(14(2,3)4)10-11-6-8-13(9-7-11)15(16)17/h6-9,12H,5,10H2,1-4H3. The number of nitro benzene ring substituents is 1. The monoisotopic (exact) mass is 235 g/mol. The van der Waals surface area contributed by atoms with Gasteiger partial charge < -0.3 is 0 Å². The van der Waals surface area contributed by atoms with Crippen molar-refractivity contribution >= 4 is 5.69 Å². The highest BCUT2D eigenvalue weighted by Crippen LogP contribution is 2.31. The molecule has 3 nitrogen and oxygen atoms in total. The van der Waals surface area contributed by atoms with Crippen LogP contribution in [-0.4, -0.2) is 4.92 Å². The van der Waals surface area contributed by atoms with Crippen LogP contribution in [0.4, 0.5) is 5.69 Å². The Bertz CT molecular complexity index is 376. The molecule has 0 heterocycles. The lowest BCUT2D eigenvalue weighted by Crippen LogP contribution is -2.21. The zero-order valence-electron chi connectivity index (χ0n) is 11.1. The molecule has 1 aromatic rings. The lowest BCUT2D eigenvalue weighted by atomic mass is 9.76. The van der Waals surface area contributed by atoms with E-state index in [1.54, 1.807) is 12.1 Å². The maximum atomic E-state index is 10.6. The molecule has 0 spiro atoms. The molecule has 1 unspecified atom stereocenters. The van der Waals surface area contributed by atoms with Crippen LogP contribution in [-0.2, 0) is 6.42 Å². The SMILES string of the molecule is CCC(Cc1ccc([N+](=O)[O-])cc1)C(C)(C)C. The fourth-order valence-corrected chi connectivity index (χ4v) is 2.10. The highest BCUT2D eigenvalue weighted by atomic mass is 16.6. The number of non-ortho nitro benzene ring substituents is 1. The molecule has 17 heavy (non-hydrogen) atoms. The molecule has 0 saturated heterocycles. The molecule has 1 aromatic carbocycles. The lowest BCUT2D eigenvalue weighted by Gasteiger charge is -2.29. The van der Waals surface area contributed by atoms with Gasteiger partial charge in [0, 0.05) is 12.1 Å². The van der Waals surface area contributed by atoms with Crippen molar-refractivity contribution in [3.8, 4) is 0 Å². The zero-order chi connectivity index (χ0) is 13.1. The number of hydrogen-bond acceptors (Lipinski definition) is 2. The Kier molecular flexibility index (Phi) is 4.27. The van der Waals surface area contributed by atoms with Gasteiger partial charge in [0.1, 0.15) is 0 Å².